The molecular formula is C9H15NO6P2S. The van der Waals surface area contributed by atoms with Crippen molar-refractivity contribution in [3.05, 3.63) is 24.4 Å². The van der Waals surface area contributed by atoms with Crippen LogP contribution in [0.1, 0.15) is 13.8 Å². The van der Waals surface area contributed by atoms with Crippen molar-refractivity contribution in [3.8, 4) is 0 Å². The summed E-state index contributed by atoms with van der Waals surface area (Å²) in [6.07, 6.45) is 0.791. The minimum Gasteiger partial charge on any atom is -0.323 e. The van der Waals surface area contributed by atoms with E-state index < -0.39 is 26.0 Å². The maximum atomic E-state index is 12.0. The van der Waals surface area contributed by atoms with Crippen LogP contribution in [0.5, 0.6) is 0 Å². The highest BCUT2D eigenvalue weighted by molar-refractivity contribution is 8.12. The van der Waals surface area contributed by atoms with E-state index in [0.717, 1.165) is 0 Å². The van der Waals surface area contributed by atoms with Crippen molar-refractivity contribution < 1.29 is 28.3 Å². The summed E-state index contributed by atoms with van der Waals surface area (Å²) >= 11 is 0.532. The van der Waals surface area contributed by atoms with Gasteiger partial charge in [0.2, 0.25) is 4.73 Å². The van der Waals surface area contributed by atoms with Crippen LogP contribution in [0.25, 0.3) is 0 Å². The molecule has 1 rings (SSSR count). The molecule has 0 aliphatic rings. The molecule has 19 heavy (non-hydrogen) atoms. The predicted molar refractivity (Wildman–Crippen MR) is 72.0 cm³/mol. The Bertz CT molecular complexity index is 505. The summed E-state index contributed by atoms with van der Waals surface area (Å²) in [5, 5.41) is 0.234. The van der Waals surface area contributed by atoms with Gasteiger partial charge in [0.1, 0.15) is 0 Å². The first-order valence-electron chi connectivity index (χ1n) is 5.26. The molecule has 0 saturated carbocycles. The van der Waals surface area contributed by atoms with Gasteiger partial charge < -0.3 is 19.2 Å². The van der Waals surface area contributed by atoms with E-state index in [1.165, 1.54) is 26.1 Å². The van der Waals surface area contributed by atoms with Gasteiger partial charge in [0.25, 0.3) is 0 Å². The summed E-state index contributed by atoms with van der Waals surface area (Å²) in [7, 11) is -9.32. The Labute approximate surface area is 115 Å². The molecule has 1 aromatic heterocycles. The monoisotopic (exact) mass is 327 g/mol. The fourth-order valence-electron chi connectivity index (χ4n) is 1.20. The minimum atomic E-state index is -4.83. The highest BCUT2D eigenvalue weighted by atomic mass is 32.2. The van der Waals surface area contributed by atoms with Crippen molar-refractivity contribution in [3.63, 3.8) is 0 Å². The number of aromatic nitrogens is 1. The summed E-state index contributed by atoms with van der Waals surface area (Å²) in [4.78, 5) is 32.1. The summed E-state index contributed by atoms with van der Waals surface area (Å²) in [5.41, 5.74) is 0. The lowest BCUT2D eigenvalue weighted by molar-refractivity contribution is 0.204. The van der Waals surface area contributed by atoms with Crippen molar-refractivity contribution in [1.29, 1.82) is 0 Å². The van der Waals surface area contributed by atoms with Crippen LogP contribution in [0.2, 0.25) is 0 Å². The Morgan fingerprint density at radius 1 is 1.26 bits per heavy atom. The van der Waals surface area contributed by atoms with Gasteiger partial charge in [-0.2, -0.15) is 0 Å². The molecule has 0 amide bonds. The second kappa shape index (κ2) is 6.50. The molecule has 3 N–H and O–H groups in total. The summed E-state index contributed by atoms with van der Waals surface area (Å²) in [5.74, 6) is 0. The number of nitrogens with zero attached hydrogens (tertiary/aromatic N) is 1. The van der Waals surface area contributed by atoms with Gasteiger partial charge in [0.15, 0.2) is 0 Å². The summed E-state index contributed by atoms with van der Waals surface area (Å²) < 4.78 is 26.2. The Kier molecular flexibility index (Phi) is 5.77. The van der Waals surface area contributed by atoms with Crippen LogP contribution >= 0.6 is 27.0 Å². The average molecular weight is 327 g/mol. The zero-order valence-corrected chi connectivity index (χ0v) is 12.9. The van der Waals surface area contributed by atoms with Gasteiger partial charge in [0.05, 0.1) is 11.1 Å². The molecule has 108 valence electrons. The third-order valence-corrected chi connectivity index (χ3v) is 8.38. The fourth-order valence-corrected chi connectivity index (χ4v) is 5.97. The SMILES string of the molecule is CC(C)OP(=O)(O)C(Sc1ccccn1)P(=O)(O)O. The lowest BCUT2D eigenvalue weighted by Gasteiger charge is -2.23. The van der Waals surface area contributed by atoms with E-state index in [2.05, 4.69) is 4.98 Å². The van der Waals surface area contributed by atoms with Crippen LogP contribution in [0.15, 0.2) is 29.4 Å². The zero-order chi connectivity index (χ0) is 14.7. The van der Waals surface area contributed by atoms with Crippen LogP contribution in [-0.2, 0) is 13.7 Å². The zero-order valence-electron chi connectivity index (χ0n) is 10.3. The molecule has 2 unspecified atom stereocenters. The van der Waals surface area contributed by atoms with Gasteiger partial charge in [-0.05, 0) is 26.0 Å². The van der Waals surface area contributed by atoms with Gasteiger partial charge in [-0.15, -0.1) is 0 Å². The van der Waals surface area contributed by atoms with Crippen molar-refractivity contribution >= 4 is 27.0 Å². The van der Waals surface area contributed by atoms with Gasteiger partial charge in [-0.1, -0.05) is 17.8 Å². The highest BCUT2D eigenvalue weighted by Gasteiger charge is 2.47. The molecule has 0 spiro atoms. The molecule has 0 aliphatic carbocycles. The second-order valence-corrected chi connectivity index (χ2v) is 9.70. The quantitative estimate of drug-likeness (QED) is 0.538. The average Bonchev–Trinajstić information content (AvgIpc) is 2.23. The maximum absolute atomic E-state index is 12.0. The predicted octanol–water partition coefficient (Wildman–Crippen LogP) is 2.25. The second-order valence-electron chi connectivity index (χ2n) is 3.92. The number of pyridine rings is 1. The minimum absolute atomic E-state index is 0.234. The standard InChI is InChI=1S/C9H15NO6P2S/c1-7(2)16-18(14,15)9(17(11,12)13)19-8-5-3-4-6-10-8/h3-7,9H,1-2H3,(H,14,15)(H2,11,12,13). The number of hydrogen-bond donors (Lipinski definition) is 3. The molecule has 0 fully saturated rings. The van der Waals surface area contributed by atoms with Gasteiger partial charge in [-0.25, -0.2) is 4.98 Å². The Balaban J connectivity index is 3.03. The third kappa shape index (κ3) is 5.36. The van der Waals surface area contributed by atoms with E-state index in [4.69, 9.17) is 4.52 Å². The number of thioether (sulfide) groups is 1. The number of hydrogen-bond acceptors (Lipinski definition) is 5. The third-order valence-electron chi connectivity index (χ3n) is 1.79. The van der Waals surface area contributed by atoms with Crippen LogP contribution < -0.4 is 0 Å². The Hall–Kier alpha value is -0.200. The topological polar surface area (TPSA) is 117 Å². The molecule has 1 heterocycles. The molecule has 2 atom stereocenters. The van der Waals surface area contributed by atoms with Gasteiger partial charge in [0, 0.05) is 6.20 Å². The van der Waals surface area contributed by atoms with E-state index in [0.29, 0.717) is 11.8 Å². The van der Waals surface area contributed by atoms with E-state index >= 15 is 0 Å². The van der Waals surface area contributed by atoms with Crippen LogP contribution in [-0.4, -0.2) is 30.5 Å². The smallest absolute Gasteiger partial charge is 0.323 e. The van der Waals surface area contributed by atoms with E-state index in [-0.39, 0.29) is 5.03 Å². The van der Waals surface area contributed by atoms with Crippen LogP contribution in [0.4, 0.5) is 0 Å². The maximum Gasteiger partial charge on any atom is 0.353 e. The first kappa shape index (κ1) is 16.9. The lowest BCUT2D eigenvalue weighted by Crippen LogP contribution is -2.11. The van der Waals surface area contributed by atoms with Crippen molar-refractivity contribution in [2.24, 2.45) is 0 Å². The van der Waals surface area contributed by atoms with Crippen LogP contribution in [0, 0.1) is 0 Å². The first-order chi connectivity index (χ1) is 8.63. The van der Waals surface area contributed by atoms with Gasteiger partial charge in [-0.3, -0.25) is 9.13 Å². The number of rotatable bonds is 6. The molecule has 0 aromatic carbocycles. The molecule has 1 aromatic rings. The summed E-state index contributed by atoms with van der Waals surface area (Å²) in [6, 6.07) is 4.72. The van der Waals surface area contributed by atoms with Gasteiger partial charge >= 0.3 is 15.2 Å². The fraction of sp³-hybridized carbons (Fsp3) is 0.444. The van der Waals surface area contributed by atoms with E-state index in [9.17, 15) is 23.8 Å². The van der Waals surface area contributed by atoms with Crippen molar-refractivity contribution in [1.82, 2.24) is 4.98 Å². The van der Waals surface area contributed by atoms with Crippen molar-refractivity contribution in [2.75, 3.05) is 0 Å². The molecule has 0 saturated heterocycles. The first-order valence-corrected chi connectivity index (χ1v) is 9.47. The molecular weight excluding hydrogens is 312 g/mol. The highest BCUT2D eigenvalue weighted by Crippen LogP contribution is 2.68. The van der Waals surface area contributed by atoms with Crippen LogP contribution in [0.3, 0.4) is 0 Å². The van der Waals surface area contributed by atoms with E-state index in [1.807, 2.05) is 0 Å². The molecule has 10 heteroatoms. The summed E-state index contributed by atoms with van der Waals surface area (Å²) in [6.45, 7) is 3.01. The van der Waals surface area contributed by atoms with Crippen molar-refractivity contribution in [2.45, 2.75) is 29.7 Å². The Morgan fingerprint density at radius 3 is 2.32 bits per heavy atom. The van der Waals surface area contributed by atoms with E-state index in [1.54, 1.807) is 12.1 Å². The molecule has 0 radical (unpaired) electrons. The largest absolute Gasteiger partial charge is 0.353 e. The normalized spacial score (nSPS) is 17.2. The Morgan fingerprint density at radius 2 is 1.89 bits per heavy atom. The molecule has 0 bridgehead atoms. The lowest BCUT2D eigenvalue weighted by atomic mass is 10.5. The molecule has 0 aliphatic heterocycles. The molecule has 7 nitrogen and oxygen atoms in total.